The minimum Gasteiger partial charge on any atom is -0.493 e. The number of aromatic amines is 1. The third-order valence-corrected chi connectivity index (χ3v) is 6.49. The lowest BCUT2D eigenvalue weighted by Gasteiger charge is -2.35. The van der Waals surface area contributed by atoms with E-state index in [2.05, 4.69) is 65.9 Å². The normalized spacial score (nSPS) is 17.8. The fourth-order valence-electron chi connectivity index (χ4n) is 4.78. The molecule has 1 aromatic carbocycles. The second kappa shape index (κ2) is 8.22. The quantitative estimate of drug-likeness (QED) is 0.490. The summed E-state index contributed by atoms with van der Waals surface area (Å²) in [7, 11) is 1.67. The van der Waals surface area contributed by atoms with E-state index in [0.29, 0.717) is 23.4 Å². The molecule has 0 amide bonds. The monoisotopic (exact) mass is 433 g/mol. The number of hydrogen-bond donors (Lipinski definition) is 1. The van der Waals surface area contributed by atoms with E-state index >= 15 is 0 Å². The molecular weight excluding hydrogens is 402 g/mol. The minimum absolute atomic E-state index is 0.0977. The Kier molecular flexibility index (Phi) is 5.39. The molecule has 32 heavy (non-hydrogen) atoms. The summed E-state index contributed by atoms with van der Waals surface area (Å²) in [6, 6.07) is 9.25. The molecule has 0 bridgehead atoms. The van der Waals surface area contributed by atoms with Crippen LogP contribution < -0.4 is 4.74 Å². The van der Waals surface area contributed by atoms with Crippen molar-refractivity contribution in [3.8, 4) is 17.0 Å². The molecule has 0 spiro atoms. The number of benzene rings is 1. The smallest absolute Gasteiger partial charge is 0.197 e. The Balaban J connectivity index is 1.62. The third kappa shape index (κ3) is 3.55. The Hall–Kier alpha value is -2.90. The Labute approximate surface area is 188 Å². The van der Waals surface area contributed by atoms with Crippen LogP contribution >= 0.6 is 0 Å². The predicted molar refractivity (Wildman–Crippen MR) is 126 cm³/mol. The van der Waals surface area contributed by atoms with E-state index in [1.165, 1.54) is 16.5 Å². The summed E-state index contributed by atoms with van der Waals surface area (Å²) in [5.41, 5.74) is 6.49. The lowest BCUT2D eigenvalue weighted by Crippen LogP contribution is -2.42. The maximum absolute atomic E-state index is 6.17. The highest BCUT2D eigenvalue weighted by molar-refractivity contribution is 5.92. The van der Waals surface area contributed by atoms with Crippen LogP contribution in [0.3, 0.4) is 0 Å². The number of H-pyrrole nitrogens is 1. The van der Waals surface area contributed by atoms with Crippen molar-refractivity contribution in [1.82, 2.24) is 24.5 Å². The van der Waals surface area contributed by atoms with Gasteiger partial charge < -0.3 is 14.5 Å². The maximum atomic E-state index is 6.17. The van der Waals surface area contributed by atoms with Gasteiger partial charge in [-0.05, 0) is 49.1 Å². The molecule has 7 heteroatoms. The fourth-order valence-corrected chi connectivity index (χ4v) is 4.78. The van der Waals surface area contributed by atoms with Gasteiger partial charge in [-0.2, -0.15) is 5.10 Å². The summed E-state index contributed by atoms with van der Waals surface area (Å²) in [5.74, 6) is 1.05. The molecule has 1 aliphatic rings. The number of pyridine rings is 1. The van der Waals surface area contributed by atoms with Crippen LogP contribution in [0.5, 0.6) is 5.75 Å². The van der Waals surface area contributed by atoms with E-state index in [0.717, 1.165) is 36.5 Å². The summed E-state index contributed by atoms with van der Waals surface area (Å²) in [6.45, 7) is 11.7. The summed E-state index contributed by atoms with van der Waals surface area (Å²) in [5, 5.41) is 5.57. The van der Waals surface area contributed by atoms with E-state index in [4.69, 9.17) is 9.47 Å². The second-order valence-corrected chi connectivity index (χ2v) is 9.15. The van der Waals surface area contributed by atoms with Gasteiger partial charge in [0, 0.05) is 41.8 Å². The van der Waals surface area contributed by atoms with Gasteiger partial charge in [0.25, 0.3) is 0 Å². The zero-order valence-electron chi connectivity index (χ0n) is 19.4. The molecule has 0 radical (unpaired) electrons. The van der Waals surface area contributed by atoms with Crippen LogP contribution in [0.2, 0.25) is 0 Å². The first kappa shape index (κ1) is 21.0. The highest BCUT2D eigenvalue weighted by Crippen LogP contribution is 2.38. The van der Waals surface area contributed by atoms with Crippen molar-refractivity contribution in [3.63, 3.8) is 0 Å². The first-order valence-electron chi connectivity index (χ1n) is 11.3. The van der Waals surface area contributed by atoms with Gasteiger partial charge in [0.15, 0.2) is 11.4 Å². The Morgan fingerprint density at radius 2 is 2.03 bits per heavy atom. The van der Waals surface area contributed by atoms with Crippen molar-refractivity contribution in [2.45, 2.75) is 45.8 Å². The maximum Gasteiger partial charge on any atom is 0.197 e. The van der Waals surface area contributed by atoms with Crippen LogP contribution in [-0.2, 0) is 4.74 Å². The SMILES string of the molecule is COc1cc(-c2[nH]c3ccc(C4CN(C(C)C)CCO4)cc3c2C(C)C)cn2ncnc12. The molecule has 168 valence electrons. The lowest BCUT2D eigenvalue weighted by atomic mass is 9.95. The van der Waals surface area contributed by atoms with Crippen LogP contribution in [0.4, 0.5) is 0 Å². The van der Waals surface area contributed by atoms with E-state index in [9.17, 15) is 0 Å². The first-order valence-corrected chi connectivity index (χ1v) is 11.3. The highest BCUT2D eigenvalue weighted by Gasteiger charge is 2.25. The van der Waals surface area contributed by atoms with Gasteiger partial charge >= 0.3 is 0 Å². The average molecular weight is 434 g/mol. The lowest BCUT2D eigenvalue weighted by molar-refractivity contribution is -0.0401. The second-order valence-electron chi connectivity index (χ2n) is 9.15. The topological polar surface area (TPSA) is 67.7 Å². The standard InChI is InChI=1S/C25H31N5O2/c1-15(2)23-19-10-17(22-13-29(16(3)4)8-9-32-22)6-7-20(19)28-24(23)18-11-21(31-5)25-26-14-27-30(25)12-18/h6-7,10-12,14-16,22,28H,8-9,13H2,1-5H3. The van der Waals surface area contributed by atoms with Crippen molar-refractivity contribution < 1.29 is 9.47 Å². The molecule has 7 nitrogen and oxygen atoms in total. The fraction of sp³-hybridized carbons (Fsp3) is 0.440. The molecular formula is C25H31N5O2. The van der Waals surface area contributed by atoms with Crippen molar-refractivity contribution in [1.29, 1.82) is 0 Å². The molecule has 1 atom stereocenters. The van der Waals surface area contributed by atoms with Crippen molar-refractivity contribution >= 4 is 16.6 Å². The largest absolute Gasteiger partial charge is 0.493 e. The summed E-state index contributed by atoms with van der Waals surface area (Å²) in [6.07, 6.45) is 3.65. The van der Waals surface area contributed by atoms with Crippen molar-refractivity contribution in [2.75, 3.05) is 26.8 Å². The van der Waals surface area contributed by atoms with E-state index in [-0.39, 0.29) is 6.10 Å². The number of ether oxygens (including phenoxy) is 2. The van der Waals surface area contributed by atoms with Crippen LogP contribution in [0.15, 0.2) is 36.8 Å². The molecule has 4 aromatic rings. The number of rotatable bonds is 5. The Morgan fingerprint density at radius 3 is 2.78 bits per heavy atom. The summed E-state index contributed by atoms with van der Waals surface area (Å²) < 4.78 is 13.5. The Bertz CT molecular complexity index is 1260. The van der Waals surface area contributed by atoms with E-state index in [1.807, 2.05) is 12.3 Å². The molecule has 4 heterocycles. The molecule has 3 aromatic heterocycles. The summed E-state index contributed by atoms with van der Waals surface area (Å²) in [4.78, 5) is 10.5. The van der Waals surface area contributed by atoms with E-state index in [1.54, 1.807) is 18.0 Å². The number of morpholine rings is 1. The molecule has 1 fully saturated rings. The van der Waals surface area contributed by atoms with Gasteiger partial charge in [0.1, 0.15) is 6.33 Å². The van der Waals surface area contributed by atoms with E-state index < -0.39 is 0 Å². The number of nitrogens with one attached hydrogen (secondary N) is 1. The number of nitrogens with zero attached hydrogens (tertiary/aromatic N) is 4. The number of fused-ring (bicyclic) bond motifs is 2. The summed E-state index contributed by atoms with van der Waals surface area (Å²) >= 11 is 0. The third-order valence-electron chi connectivity index (χ3n) is 6.49. The van der Waals surface area contributed by atoms with Crippen molar-refractivity contribution in [2.24, 2.45) is 0 Å². The molecule has 0 saturated carbocycles. The molecule has 0 aliphatic carbocycles. The zero-order valence-corrected chi connectivity index (χ0v) is 19.4. The number of methoxy groups -OCH3 is 1. The van der Waals surface area contributed by atoms with Gasteiger partial charge in [0.2, 0.25) is 0 Å². The van der Waals surface area contributed by atoms with Crippen LogP contribution in [0.25, 0.3) is 27.8 Å². The Morgan fingerprint density at radius 1 is 1.19 bits per heavy atom. The molecule has 5 rings (SSSR count). The van der Waals surface area contributed by atoms with Gasteiger partial charge in [-0.25, -0.2) is 9.50 Å². The minimum atomic E-state index is 0.0977. The molecule has 1 saturated heterocycles. The number of hydrogen-bond acceptors (Lipinski definition) is 5. The van der Waals surface area contributed by atoms with Crippen LogP contribution in [0.1, 0.15) is 50.8 Å². The molecule has 1 aliphatic heterocycles. The van der Waals surface area contributed by atoms with Gasteiger partial charge in [-0.15, -0.1) is 0 Å². The van der Waals surface area contributed by atoms with Crippen LogP contribution in [-0.4, -0.2) is 57.3 Å². The molecule has 1 N–H and O–H groups in total. The van der Waals surface area contributed by atoms with Crippen molar-refractivity contribution in [3.05, 3.63) is 47.9 Å². The zero-order chi connectivity index (χ0) is 22.4. The molecule has 1 unspecified atom stereocenters. The van der Waals surface area contributed by atoms with Gasteiger partial charge in [0.05, 0.1) is 25.5 Å². The number of aromatic nitrogens is 4. The van der Waals surface area contributed by atoms with Gasteiger partial charge in [-0.1, -0.05) is 19.9 Å². The van der Waals surface area contributed by atoms with Gasteiger partial charge in [-0.3, -0.25) is 4.90 Å². The van der Waals surface area contributed by atoms with Crippen LogP contribution in [0, 0.1) is 0 Å². The average Bonchev–Trinajstić information content (AvgIpc) is 3.42. The first-order chi connectivity index (χ1) is 15.5. The predicted octanol–water partition coefficient (Wildman–Crippen LogP) is 4.79. The highest BCUT2D eigenvalue weighted by atomic mass is 16.5.